The molecule has 142 valence electrons. The molecular weight excluding hydrogens is 352 g/mol. The summed E-state index contributed by atoms with van der Waals surface area (Å²) in [4.78, 5) is 16.4. The maximum Gasteiger partial charge on any atom is 0.248 e. The first-order valence-electron chi connectivity index (χ1n) is 9.63. The summed E-state index contributed by atoms with van der Waals surface area (Å²) in [5.41, 5.74) is 1.05. The third kappa shape index (κ3) is 4.06. The summed E-state index contributed by atoms with van der Waals surface area (Å²) < 4.78 is 12.0. The SMILES string of the molecule is O=C(COC1CCOC2(C1)CN(Cc1ccccc1Cl)C2)N1CCCC1. The van der Waals surface area contributed by atoms with Gasteiger partial charge in [-0.1, -0.05) is 29.8 Å². The third-order valence-corrected chi connectivity index (χ3v) is 6.09. The lowest BCUT2D eigenvalue weighted by Crippen LogP contribution is -2.65. The predicted molar refractivity (Wildman–Crippen MR) is 100 cm³/mol. The molecule has 1 aromatic rings. The van der Waals surface area contributed by atoms with Gasteiger partial charge in [0, 0.05) is 50.8 Å². The van der Waals surface area contributed by atoms with E-state index in [9.17, 15) is 4.79 Å². The molecule has 0 N–H and O–H groups in total. The Balaban J connectivity index is 1.24. The molecule has 26 heavy (non-hydrogen) atoms. The first-order valence-corrected chi connectivity index (χ1v) is 10.0. The largest absolute Gasteiger partial charge is 0.372 e. The number of ether oxygens (including phenoxy) is 2. The highest BCUT2D eigenvalue weighted by Gasteiger charge is 2.47. The lowest BCUT2D eigenvalue weighted by Gasteiger charge is -2.53. The first kappa shape index (κ1) is 18.2. The van der Waals surface area contributed by atoms with E-state index in [-0.39, 0.29) is 24.2 Å². The molecule has 3 heterocycles. The van der Waals surface area contributed by atoms with Gasteiger partial charge in [-0.2, -0.15) is 0 Å². The Kier molecular flexibility index (Phi) is 5.50. The lowest BCUT2D eigenvalue weighted by atomic mass is 9.84. The molecule has 3 aliphatic rings. The summed E-state index contributed by atoms with van der Waals surface area (Å²) in [6.07, 6.45) is 4.11. The number of halogens is 1. The fourth-order valence-electron chi connectivity index (χ4n) is 4.34. The van der Waals surface area contributed by atoms with Crippen LogP contribution in [0.1, 0.15) is 31.2 Å². The standard InChI is InChI=1S/C20H27ClN2O3/c21-18-6-2-1-5-16(18)12-22-14-20(15-22)11-17(7-10-26-20)25-13-19(24)23-8-3-4-9-23/h1-2,5-6,17H,3-4,7-15H2. The first-order chi connectivity index (χ1) is 12.6. The van der Waals surface area contributed by atoms with Gasteiger partial charge in [-0.15, -0.1) is 0 Å². The number of carbonyl (C=O) groups is 1. The van der Waals surface area contributed by atoms with Gasteiger partial charge in [0.15, 0.2) is 0 Å². The second-order valence-electron chi connectivity index (χ2n) is 7.78. The van der Waals surface area contributed by atoms with Gasteiger partial charge in [0.1, 0.15) is 6.61 Å². The topological polar surface area (TPSA) is 42.0 Å². The molecule has 0 radical (unpaired) electrons. The number of likely N-dealkylation sites (tertiary alicyclic amines) is 2. The van der Waals surface area contributed by atoms with Crippen molar-refractivity contribution < 1.29 is 14.3 Å². The molecule has 5 nitrogen and oxygen atoms in total. The number of hydrogen-bond donors (Lipinski definition) is 0. The van der Waals surface area contributed by atoms with Crippen molar-refractivity contribution in [3.63, 3.8) is 0 Å². The smallest absolute Gasteiger partial charge is 0.248 e. The fraction of sp³-hybridized carbons (Fsp3) is 0.650. The Bertz CT molecular complexity index is 642. The molecule has 0 aromatic heterocycles. The number of carbonyl (C=O) groups excluding carboxylic acids is 1. The minimum Gasteiger partial charge on any atom is -0.372 e. The normalized spacial score (nSPS) is 25.4. The Hall–Kier alpha value is -1.14. The van der Waals surface area contributed by atoms with E-state index in [0.29, 0.717) is 6.61 Å². The van der Waals surface area contributed by atoms with Gasteiger partial charge in [0.25, 0.3) is 0 Å². The summed E-state index contributed by atoms with van der Waals surface area (Å²) in [5.74, 6) is 0.136. The molecular formula is C20H27ClN2O3. The van der Waals surface area contributed by atoms with Crippen molar-refractivity contribution in [3.05, 3.63) is 34.9 Å². The monoisotopic (exact) mass is 378 g/mol. The zero-order valence-electron chi connectivity index (χ0n) is 15.2. The summed E-state index contributed by atoms with van der Waals surface area (Å²) in [6.45, 7) is 5.35. The predicted octanol–water partition coefficient (Wildman–Crippen LogP) is 2.71. The summed E-state index contributed by atoms with van der Waals surface area (Å²) in [6, 6.07) is 7.99. The van der Waals surface area contributed by atoms with Crippen LogP contribution < -0.4 is 0 Å². The van der Waals surface area contributed by atoms with E-state index < -0.39 is 0 Å². The molecule has 3 saturated heterocycles. The van der Waals surface area contributed by atoms with Crippen molar-refractivity contribution >= 4 is 17.5 Å². The number of amides is 1. The van der Waals surface area contributed by atoms with Crippen molar-refractivity contribution in [1.82, 2.24) is 9.80 Å². The fourth-order valence-corrected chi connectivity index (χ4v) is 4.54. The molecule has 0 saturated carbocycles. The number of rotatable bonds is 5. The van der Waals surface area contributed by atoms with Gasteiger partial charge in [-0.25, -0.2) is 0 Å². The Morgan fingerprint density at radius 2 is 2.04 bits per heavy atom. The van der Waals surface area contributed by atoms with Crippen LogP contribution in [0.3, 0.4) is 0 Å². The number of hydrogen-bond acceptors (Lipinski definition) is 4. The van der Waals surface area contributed by atoms with Crippen LogP contribution in [-0.4, -0.2) is 66.8 Å². The molecule has 0 bridgehead atoms. The van der Waals surface area contributed by atoms with Crippen molar-refractivity contribution in [1.29, 1.82) is 0 Å². The Morgan fingerprint density at radius 3 is 2.81 bits per heavy atom. The van der Waals surface area contributed by atoms with Crippen LogP contribution in [-0.2, 0) is 20.8 Å². The highest BCUT2D eigenvalue weighted by atomic mass is 35.5. The Morgan fingerprint density at radius 1 is 1.27 bits per heavy atom. The van der Waals surface area contributed by atoms with Crippen LogP contribution in [0.25, 0.3) is 0 Å². The third-order valence-electron chi connectivity index (χ3n) is 5.72. The van der Waals surface area contributed by atoms with Crippen LogP contribution in [0.5, 0.6) is 0 Å². The molecule has 1 spiro atoms. The molecule has 0 aliphatic carbocycles. The van der Waals surface area contributed by atoms with Crippen LogP contribution in [0.15, 0.2) is 24.3 Å². The zero-order valence-corrected chi connectivity index (χ0v) is 15.9. The molecule has 1 atom stereocenters. The van der Waals surface area contributed by atoms with E-state index in [0.717, 1.165) is 69.0 Å². The second kappa shape index (κ2) is 7.85. The highest BCUT2D eigenvalue weighted by Crippen LogP contribution is 2.36. The number of benzene rings is 1. The van der Waals surface area contributed by atoms with Crippen molar-refractivity contribution in [2.75, 3.05) is 39.4 Å². The van der Waals surface area contributed by atoms with Gasteiger partial charge in [-0.3, -0.25) is 9.69 Å². The average molecular weight is 379 g/mol. The van der Waals surface area contributed by atoms with Crippen LogP contribution in [0, 0.1) is 0 Å². The molecule has 3 aliphatic heterocycles. The van der Waals surface area contributed by atoms with Gasteiger partial charge in [-0.05, 0) is 30.9 Å². The molecule has 1 unspecified atom stereocenters. The lowest BCUT2D eigenvalue weighted by molar-refractivity contribution is -0.200. The summed E-state index contributed by atoms with van der Waals surface area (Å²) in [5, 5.41) is 0.819. The minimum atomic E-state index is -0.110. The minimum absolute atomic E-state index is 0.110. The summed E-state index contributed by atoms with van der Waals surface area (Å²) >= 11 is 6.26. The average Bonchev–Trinajstić information content (AvgIpc) is 3.15. The van der Waals surface area contributed by atoms with E-state index in [1.54, 1.807) is 0 Å². The maximum atomic E-state index is 12.2. The van der Waals surface area contributed by atoms with Crippen LogP contribution >= 0.6 is 11.6 Å². The second-order valence-corrected chi connectivity index (χ2v) is 8.19. The van der Waals surface area contributed by atoms with E-state index in [1.165, 1.54) is 0 Å². The van der Waals surface area contributed by atoms with Gasteiger partial charge in [0.2, 0.25) is 5.91 Å². The Labute approximate surface area is 160 Å². The quantitative estimate of drug-likeness (QED) is 0.790. The molecule has 1 amide bonds. The molecule has 6 heteroatoms. The van der Waals surface area contributed by atoms with Gasteiger partial charge < -0.3 is 14.4 Å². The van der Waals surface area contributed by atoms with E-state index in [4.69, 9.17) is 21.1 Å². The van der Waals surface area contributed by atoms with Crippen LogP contribution in [0.4, 0.5) is 0 Å². The van der Waals surface area contributed by atoms with Crippen molar-refractivity contribution in [3.8, 4) is 0 Å². The van der Waals surface area contributed by atoms with Gasteiger partial charge >= 0.3 is 0 Å². The van der Waals surface area contributed by atoms with Crippen molar-refractivity contribution in [2.24, 2.45) is 0 Å². The zero-order chi connectivity index (χ0) is 18.0. The van der Waals surface area contributed by atoms with E-state index >= 15 is 0 Å². The maximum absolute atomic E-state index is 12.2. The molecule has 1 aromatic carbocycles. The number of nitrogens with zero attached hydrogens (tertiary/aromatic N) is 2. The summed E-state index contributed by atoms with van der Waals surface area (Å²) in [7, 11) is 0. The van der Waals surface area contributed by atoms with Crippen molar-refractivity contribution in [2.45, 2.75) is 43.9 Å². The molecule has 4 rings (SSSR count). The van der Waals surface area contributed by atoms with E-state index in [2.05, 4.69) is 11.0 Å². The molecule has 3 fully saturated rings. The van der Waals surface area contributed by atoms with E-state index in [1.807, 2.05) is 23.1 Å². The van der Waals surface area contributed by atoms with Crippen LogP contribution in [0.2, 0.25) is 5.02 Å². The highest BCUT2D eigenvalue weighted by molar-refractivity contribution is 6.31. The van der Waals surface area contributed by atoms with Gasteiger partial charge in [0.05, 0.1) is 11.7 Å².